The third-order valence-electron chi connectivity index (χ3n) is 1.56. The molecule has 4 heteroatoms. The van der Waals surface area contributed by atoms with Crippen molar-refractivity contribution in [2.45, 2.75) is 6.92 Å². The largest absolute Gasteiger partial charge is 0.492 e. The number of rotatable bonds is 3. The summed E-state index contributed by atoms with van der Waals surface area (Å²) in [5.41, 5.74) is 0. The molecule has 0 aliphatic carbocycles. The summed E-state index contributed by atoms with van der Waals surface area (Å²) in [6, 6.07) is 7.03. The van der Waals surface area contributed by atoms with Gasteiger partial charge in [0.25, 0.3) is 0 Å². The smallest absolute Gasteiger partial charge is 0.122 e. The van der Waals surface area contributed by atoms with E-state index in [4.69, 9.17) is 33.2 Å². The molecule has 0 radical (unpaired) electrons. The van der Waals surface area contributed by atoms with Crippen molar-refractivity contribution in [3.8, 4) is 11.8 Å². The van der Waals surface area contributed by atoms with Crippen molar-refractivity contribution >= 4 is 23.2 Å². The van der Waals surface area contributed by atoms with Crippen LogP contribution in [0.3, 0.4) is 0 Å². The van der Waals surface area contributed by atoms with Crippen molar-refractivity contribution in [2.24, 2.45) is 5.92 Å². The Balaban J connectivity index is 2.64. The molecule has 0 heterocycles. The van der Waals surface area contributed by atoms with Crippen molar-refractivity contribution in [2.75, 3.05) is 6.61 Å². The monoisotopic (exact) mass is 229 g/mol. The highest BCUT2D eigenvalue weighted by atomic mass is 35.5. The molecule has 0 aliphatic heterocycles. The van der Waals surface area contributed by atoms with Crippen LogP contribution >= 0.6 is 23.2 Å². The lowest BCUT2D eigenvalue weighted by molar-refractivity contribution is 0.288. The fourth-order valence-electron chi connectivity index (χ4n) is 0.870. The van der Waals surface area contributed by atoms with Crippen LogP contribution in [0.15, 0.2) is 18.2 Å². The fourth-order valence-corrected chi connectivity index (χ4v) is 1.38. The minimum absolute atomic E-state index is 0.146. The third kappa shape index (κ3) is 3.45. The van der Waals surface area contributed by atoms with Gasteiger partial charge in [-0.1, -0.05) is 23.2 Å². The van der Waals surface area contributed by atoms with E-state index in [9.17, 15) is 0 Å². The Morgan fingerprint density at radius 3 is 2.43 bits per heavy atom. The number of hydrogen-bond donors (Lipinski definition) is 0. The Bertz CT molecular complexity index is 339. The molecule has 1 aromatic rings. The zero-order valence-corrected chi connectivity index (χ0v) is 9.14. The van der Waals surface area contributed by atoms with Crippen LogP contribution in [-0.4, -0.2) is 6.61 Å². The molecule has 0 aromatic heterocycles. The minimum Gasteiger partial charge on any atom is -0.492 e. The molecule has 74 valence electrons. The Morgan fingerprint density at radius 2 is 1.93 bits per heavy atom. The van der Waals surface area contributed by atoms with Crippen LogP contribution in [0.5, 0.6) is 5.75 Å². The number of hydrogen-bond acceptors (Lipinski definition) is 2. The molecule has 1 unspecified atom stereocenters. The Hall–Kier alpha value is -0.910. The second kappa shape index (κ2) is 5.09. The van der Waals surface area contributed by atoms with E-state index in [1.807, 2.05) is 0 Å². The quantitative estimate of drug-likeness (QED) is 0.795. The van der Waals surface area contributed by atoms with Crippen LogP contribution in [0, 0.1) is 17.2 Å². The van der Waals surface area contributed by atoms with Crippen molar-refractivity contribution in [1.29, 1.82) is 5.26 Å². The maximum absolute atomic E-state index is 8.54. The lowest BCUT2D eigenvalue weighted by Crippen LogP contribution is -2.05. The van der Waals surface area contributed by atoms with Crippen molar-refractivity contribution < 1.29 is 4.74 Å². The summed E-state index contributed by atoms with van der Waals surface area (Å²) in [5, 5.41) is 9.59. The molecule has 0 fully saturated rings. The number of halogens is 2. The van der Waals surface area contributed by atoms with Gasteiger partial charge in [-0.25, -0.2) is 0 Å². The van der Waals surface area contributed by atoms with Gasteiger partial charge in [-0.05, 0) is 25.1 Å². The second-order valence-corrected chi connectivity index (χ2v) is 3.82. The zero-order valence-electron chi connectivity index (χ0n) is 7.63. The molecule has 1 rings (SSSR count). The predicted molar refractivity (Wildman–Crippen MR) is 56.7 cm³/mol. The van der Waals surface area contributed by atoms with Gasteiger partial charge >= 0.3 is 0 Å². The van der Waals surface area contributed by atoms with Crippen LogP contribution in [0.25, 0.3) is 0 Å². The highest BCUT2D eigenvalue weighted by molar-refractivity contribution is 6.34. The Morgan fingerprint density at radius 1 is 1.36 bits per heavy atom. The van der Waals surface area contributed by atoms with E-state index < -0.39 is 0 Å². The molecule has 1 atom stereocenters. The molecule has 14 heavy (non-hydrogen) atoms. The first kappa shape index (κ1) is 11.2. The maximum atomic E-state index is 8.54. The maximum Gasteiger partial charge on any atom is 0.122 e. The molecule has 0 bridgehead atoms. The van der Waals surface area contributed by atoms with Crippen molar-refractivity contribution in [3.05, 3.63) is 28.2 Å². The van der Waals surface area contributed by atoms with Crippen LogP contribution in [-0.2, 0) is 0 Å². The zero-order chi connectivity index (χ0) is 10.6. The Labute approximate surface area is 93.0 Å². The van der Waals surface area contributed by atoms with Crippen LogP contribution in [0.4, 0.5) is 0 Å². The number of nitrogens with zero attached hydrogens (tertiary/aromatic N) is 1. The van der Waals surface area contributed by atoms with E-state index in [2.05, 4.69) is 6.07 Å². The molecule has 1 aromatic carbocycles. The Kier molecular flexibility index (Phi) is 4.06. The summed E-state index contributed by atoms with van der Waals surface area (Å²) in [5.74, 6) is 0.442. The molecule has 0 saturated carbocycles. The van der Waals surface area contributed by atoms with Gasteiger partial charge in [-0.3, -0.25) is 0 Å². The van der Waals surface area contributed by atoms with E-state index in [1.54, 1.807) is 25.1 Å². The summed E-state index contributed by atoms with van der Waals surface area (Å²) in [7, 11) is 0. The highest BCUT2D eigenvalue weighted by Gasteiger charge is 2.02. The van der Waals surface area contributed by atoms with Gasteiger partial charge in [0.05, 0.1) is 12.0 Å². The summed E-state index contributed by atoms with van der Waals surface area (Å²) < 4.78 is 5.33. The van der Waals surface area contributed by atoms with Crippen LogP contribution in [0.1, 0.15) is 6.92 Å². The molecule has 2 nitrogen and oxygen atoms in total. The van der Waals surface area contributed by atoms with E-state index >= 15 is 0 Å². The summed E-state index contributed by atoms with van der Waals surface area (Å²) in [6.45, 7) is 2.12. The average molecular weight is 230 g/mol. The minimum atomic E-state index is -0.146. The van der Waals surface area contributed by atoms with E-state index in [1.165, 1.54) is 0 Å². The molecule has 0 spiro atoms. The lowest BCUT2D eigenvalue weighted by atomic mass is 10.2. The molecule has 0 aliphatic rings. The summed E-state index contributed by atoms with van der Waals surface area (Å²) in [6.07, 6.45) is 0. The van der Waals surface area contributed by atoms with Gasteiger partial charge in [0, 0.05) is 10.0 Å². The van der Waals surface area contributed by atoms with E-state index in [0.29, 0.717) is 22.4 Å². The topological polar surface area (TPSA) is 33.0 Å². The summed E-state index contributed by atoms with van der Waals surface area (Å²) in [4.78, 5) is 0. The second-order valence-electron chi connectivity index (χ2n) is 2.95. The molecule has 0 N–H and O–H groups in total. The molecule has 0 saturated heterocycles. The SMILES string of the molecule is CC(C#N)COc1cc(Cl)cc(Cl)c1. The van der Waals surface area contributed by atoms with Gasteiger partial charge in [-0.15, -0.1) is 0 Å². The van der Waals surface area contributed by atoms with E-state index in [0.717, 1.165) is 0 Å². The molecular weight excluding hydrogens is 221 g/mol. The predicted octanol–water partition coefficient (Wildman–Crippen LogP) is 3.53. The van der Waals surface area contributed by atoms with Gasteiger partial charge in [0.2, 0.25) is 0 Å². The number of ether oxygens (including phenoxy) is 1. The first-order valence-electron chi connectivity index (χ1n) is 4.10. The van der Waals surface area contributed by atoms with E-state index in [-0.39, 0.29) is 5.92 Å². The van der Waals surface area contributed by atoms with Gasteiger partial charge in [0.15, 0.2) is 0 Å². The number of nitriles is 1. The average Bonchev–Trinajstić information content (AvgIpc) is 2.12. The normalized spacial score (nSPS) is 11.9. The lowest BCUT2D eigenvalue weighted by Gasteiger charge is -2.07. The first-order valence-corrected chi connectivity index (χ1v) is 4.86. The van der Waals surface area contributed by atoms with Crippen LogP contribution < -0.4 is 4.74 Å². The van der Waals surface area contributed by atoms with Crippen LogP contribution in [0.2, 0.25) is 10.0 Å². The van der Waals surface area contributed by atoms with Gasteiger partial charge < -0.3 is 4.74 Å². The molecule has 0 amide bonds. The summed E-state index contributed by atoms with van der Waals surface area (Å²) >= 11 is 11.5. The highest BCUT2D eigenvalue weighted by Crippen LogP contribution is 2.24. The first-order chi connectivity index (χ1) is 6.61. The van der Waals surface area contributed by atoms with Crippen molar-refractivity contribution in [3.63, 3.8) is 0 Å². The number of benzene rings is 1. The standard InChI is InChI=1S/C10H9Cl2NO/c1-7(5-13)6-14-10-3-8(11)2-9(12)4-10/h2-4,7H,6H2,1H3. The third-order valence-corrected chi connectivity index (χ3v) is 1.99. The molecular formula is C10H9Cl2NO. The fraction of sp³-hybridized carbons (Fsp3) is 0.300. The van der Waals surface area contributed by atoms with Gasteiger partial charge in [0.1, 0.15) is 12.4 Å². The van der Waals surface area contributed by atoms with Gasteiger partial charge in [-0.2, -0.15) is 5.26 Å². The van der Waals surface area contributed by atoms with Crippen molar-refractivity contribution in [1.82, 2.24) is 0 Å².